The Morgan fingerprint density at radius 1 is 1.25 bits per heavy atom. The molecule has 0 bridgehead atoms. The van der Waals surface area contributed by atoms with Crippen LogP contribution in [0.25, 0.3) is 0 Å². The smallest absolute Gasteiger partial charge is 0.330 e. The maximum absolute atomic E-state index is 12.1. The maximum Gasteiger partial charge on any atom is 0.330 e. The van der Waals surface area contributed by atoms with Gasteiger partial charge < -0.3 is 4.65 Å². The topological polar surface area (TPSA) is 58.6 Å². The lowest BCUT2D eigenvalue weighted by molar-refractivity contribution is -0.124. The van der Waals surface area contributed by atoms with Crippen molar-refractivity contribution in [2.24, 2.45) is 5.92 Å². The van der Waals surface area contributed by atoms with Crippen LogP contribution >= 0.6 is 12.6 Å². The van der Waals surface area contributed by atoms with Crippen molar-refractivity contribution < 1.29 is 14.2 Å². The minimum Gasteiger partial charge on any atom is -0.428 e. The molecular weight excluding hydrogens is 323 g/mol. The second-order valence-electron chi connectivity index (χ2n) is 6.97. The number of nitrogens with zero attached hydrogens (tertiary/aromatic N) is 1. The zero-order valence-electron chi connectivity index (χ0n) is 15.2. The van der Waals surface area contributed by atoms with Crippen molar-refractivity contribution in [1.82, 2.24) is 5.43 Å². The summed E-state index contributed by atoms with van der Waals surface area (Å²) in [6.45, 7) is 11.5. The molecule has 0 atom stereocenters. The summed E-state index contributed by atoms with van der Waals surface area (Å²) in [6, 6.07) is 7.16. The number of hydrogen-bond donors (Lipinski definition) is 2. The zero-order chi connectivity index (χ0) is 18.5. The van der Waals surface area contributed by atoms with Crippen LogP contribution in [0, 0.1) is 5.92 Å². The summed E-state index contributed by atoms with van der Waals surface area (Å²) in [5.74, 6) is -0.418. The molecule has 0 fully saturated rings. The fraction of sp³-hybridized carbons (Fsp3) is 0.529. The fourth-order valence-corrected chi connectivity index (χ4v) is 1.69. The third-order valence-electron chi connectivity index (χ3n) is 4.01. The lowest BCUT2D eigenvalue weighted by atomic mass is 9.84. The van der Waals surface area contributed by atoms with Crippen molar-refractivity contribution in [3.05, 3.63) is 24.3 Å². The minimum atomic E-state index is -0.451. The largest absolute Gasteiger partial charge is 0.428 e. The summed E-state index contributed by atoms with van der Waals surface area (Å²) in [4.78, 5) is 22.9. The summed E-state index contributed by atoms with van der Waals surface area (Å²) in [6.07, 6.45) is 0.487. The lowest BCUT2D eigenvalue weighted by Gasteiger charge is -2.38. The summed E-state index contributed by atoms with van der Waals surface area (Å²) in [5, 5.41) is 1.24. The molecule has 1 radical (unpaired) electrons. The average molecular weight is 349 g/mol. The predicted octanol–water partition coefficient (Wildman–Crippen LogP) is 2.08. The van der Waals surface area contributed by atoms with Gasteiger partial charge in [-0.2, -0.15) is 12.6 Å². The molecule has 131 valence electrons. The van der Waals surface area contributed by atoms with Crippen LogP contribution in [0.1, 0.15) is 41.5 Å². The van der Waals surface area contributed by atoms with Crippen molar-refractivity contribution in [3.8, 4) is 0 Å². The fourth-order valence-electron chi connectivity index (χ4n) is 1.64. The molecule has 0 spiro atoms. The first-order chi connectivity index (χ1) is 11.0. The first-order valence-corrected chi connectivity index (χ1v) is 8.31. The number of rotatable bonds is 8. The van der Waals surface area contributed by atoms with E-state index >= 15 is 0 Å². The van der Waals surface area contributed by atoms with Crippen molar-refractivity contribution in [2.75, 3.05) is 5.01 Å². The van der Waals surface area contributed by atoms with Crippen LogP contribution in [-0.2, 0) is 14.2 Å². The molecule has 7 heteroatoms. The molecule has 1 aromatic carbocycles. The molecule has 0 aliphatic heterocycles. The third-order valence-corrected chi connectivity index (χ3v) is 4.55. The quantitative estimate of drug-likeness (QED) is 0.327. The van der Waals surface area contributed by atoms with Crippen LogP contribution < -0.4 is 15.9 Å². The van der Waals surface area contributed by atoms with Crippen LogP contribution in [0.2, 0.25) is 0 Å². The average Bonchev–Trinajstić information content (AvgIpc) is 2.49. The number of amides is 2. The van der Waals surface area contributed by atoms with Gasteiger partial charge in [-0.1, -0.05) is 31.4 Å². The highest BCUT2D eigenvalue weighted by Crippen LogP contribution is 2.30. The molecule has 0 saturated carbocycles. The highest BCUT2D eigenvalue weighted by Gasteiger charge is 2.34. The predicted molar refractivity (Wildman–Crippen MR) is 102 cm³/mol. The zero-order valence-corrected chi connectivity index (χ0v) is 16.1. The van der Waals surface area contributed by atoms with Crippen LogP contribution in [-0.4, -0.2) is 30.1 Å². The van der Waals surface area contributed by atoms with Crippen LogP contribution in [0.15, 0.2) is 24.3 Å². The number of anilines is 1. The second-order valence-corrected chi connectivity index (χ2v) is 8.09. The Kier molecular flexibility index (Phi) is 6.92. The molecule has 0 unspecified atom stereocenters. The van der Waals surface area contributed by atoms with E-state index in [2.05, 4.69) is 18.1 Å². The van der Waals surface area contributed by atoms with Gasteiger partial charge in [-0.05, 0) is 39.8 Å². The van der Waals surface area contributed by atoms with Gasteiger partial charge in [-0.25, -0.2) is 5.01 Å². The standard InChI is InChI=1S/C17H26BN2O3S/c1-12(2)15(22)20(19-11-21)14-9-7-13(8-10-14)18-23-16(3,4)17(5,6)24/h7-12,24H,1-6H3,(H,19,21). The molecular formula is C17H26BN2O3S. The molecule has 1 N–H and O–H groups in total. The van der Waals surface area contributed by atoms with Gasteiger partial charge in [-0.15, -0.1) is 0 Å². The highest BCUT2D eigenvalue weighted by atomic mass is 32.1. The Morgan fingerprint density at radius 2 is 1.79 bits per heavy atom. The van der Waals surface area contributed by atoms with E-state index in [9.17, 15) is 9.59 Å². The summed E-state index contributed by atoms with van der Waals surface area (Å²) >= 11 is 4.56. The Hall–Kier alpha value is -1.47. The number of carbonyl (C=O) groups excluding carboxylic acids is 2. The third kappa shape index (κ3) is 5.28. The highest BCUT2D eigenvalue weighted by molar-refractivity contribution is 7.81. The molecule has 2 amide bonds. The SMILES string of the molecule is CC(C)C(=O)N(NC=O)c1ccc([B]OC(C)(C)C(C)(C)S)cc1. The van der Waals surface area contributed by atoms with Crippen molar-refractivity contribution in [2.45, 2.75) is 51.9 Å². The lowest BCUT2D eigenvalue weighted by Crippen LogP contribution is -2.46. The molecule has 1 aromatic rings. The van der Waals surface area contributed by atoms with Crippen molar-refractivity contribution in [3.63, 3.8) is 0 Å². The van der Waals surface area contributed by atoms with Crippen LogP contribution in [0.3, 0.4) is 0 Å². The van der Waals surface area contributed by atoms with E-state index in [1.165, 1.54) is 5.01 Å². The minimum absolute atomic E-state index is 0.187. The first-order valence-electron chi connectivity index (χ1n) is 7.87. The van der Waals surface area contributed by atoms with E-state index in [0.717, 1.165) is 5.46 Å². The Labute approximate surface area is 150 Å². The number of benzene rings is 1. The van der Waals surface area contributed by atoms with Gasteiger partial charge in [0, 0.05) is 10.7 Å². The second kappa shape index (κ2) is 8.07. The van der Waals surface area contributed by atoms with E-state index in [-0.39, 0.29) is 16.6 Å². The Bertz CT molecular complexity index is 568. The Balaban J connectivity index is 2.84. The number of nitrogens with one attached hydrogen (secondary N) is 1. The van der Waals surface area contributed by atoms with Crippen LogP contribution in [0.4, 0.5) is 5.69 Å². The normalized spacial score (nSPS) is 12.0. The van der Waals surface area contributed by atoms with Crippen LogP contribution in [0.5, 0.6) is 0 Å². The van der Waals surface area contributed by atoms with E-state index in [4.69, 9.17) is 4.65 Å². The van der Waals surface area contributed by atoms with Gasteiger partial charge in [-0.3, -0.25) is 15.0 Å². The molecule has 0 saturated heterocycles. The summed E-state index contributed by atoms with van der Waals surface area (Å²) < 4.78 is 5.55. The van der Waals surface area contributed by atoms with Gasteiger partial charge >= 0.3 is 7.48 Å². The molecule has 5 nitrogen and oxygen atoms in total. The maximum atomic E-state index is 12.1. The molecule has 0 aromatic heterocycles. The van der Waals surface area contributed by atoms with E-state index in [1.54, 1.807) is 33.5 Å². The molecule has 0 aliphatic carbocycles. The van der Waals surface area contributed by atoms with Gasteiger partial charge in [0.05, 0.1) is 11.3 Å². The number of thiol groups is 1. The van der Waals surface area contributed by atoms with E-state index in [1.807, 2.05) is 39.8 Å². The van der Waals surface area contributed by atoms with Gasteiger partial charge in [0.2, 0.25) is 12.3 Å². The van der Waals surface area contributed by atoms with Crippen molar-refractivity contribution in [1.29, 1.82) is 0 Å². The van der Waals surface area contributed by atoms with E-state index in [0.29, 0.717) is 12.1 Å². The van der Waals surface area contributed by atoms with E-state index < -0.39 is 5.60 Å². The van der Waals surface area contributed by atoms with Gasteiger partial charge in [0.15, 0.2) is 0 Å². The summed E-state index contributed by atoms with van der Waals surface area (Å²) in [5.41, 5.74) is 3.42. The first kappa shape index (κ1) is 20.6. The van der Waals surface area contributed by atoms with Gasteiger partial charge in [0.1, 0.15) is 0 Å². The molecule has 0 aliphatic rings. The van der Waals surface area contributed by atoms with Gasteiger partial charge in [0.25, 0.3) is 0 Å². The molecule has 0 heterocycles. The Morgan fingerprint density at radius 3 is 2.21 bits per heavy atom. The van der Waals surface area contributed by atoms with Crippen molar-refractivity contribution >= 4 is 43.6 Å². The number of carbonyl (C=O) groups is 2. The number of hydrogen-bond acceptors (Lipinski definition) is 4. The monoisotopic (exact) mass is 349 g/mol. The number of hydrazine groups is 1. The summed E-state index contributed by atoms with van der Waals surface area (Å²) in [7, 11) is 1.67. The molecule has 1 rings (SSSR count). The molecule has 24 heavy (non-hydrogen) atoms.